The zero-order valence-electron chi connectivity index (χ0n) is 8.43. The quantitative estimate of drug-likeness (QED) is 0.311. The Labute approximate surface area is 116 Å². The number of carbonyl (C=O) groups is 1. The zero-order valence-corrected chi connectivity index (χ0v) is 12.7. The second-order valence-electron chi connectivity index (χ2n) is 3.20. The van der Waals surface area contributed by atoms with Gasteiger partial charge < -0.3 is 4.74 Å². The molecule has 0 amide bonds. The standard InChI is InChI=1S/C11H10I2O2/c1-6(2)11(14)15-10-7(3)4-8(12)5-9(10)13/h4-5H,1H2,2-3H3. The number of carbonyl (C=O) groups excluding carboxylic acids is 1. The Morgan fingerprint density at radius 2 is 2.00 bits per heavy atom. The minimum absolute atomic E-state index is 0.378. The van der Waals surface area contributed by atoms with Crippen LogP contribution in [-0.4, -0.2) is 5.97 Å². The summed E-state index contributed by atoms with van der Waals surface area (Å²) in [6.45, 7) is 7.11. The number of ether oxygens (including phenoxy) is 1. The van der Waals surface area contributed by atoms with E-state index in [1.54, 1.807) is 6.92 Å². The van der Waals surface area contributed by atoms with E-state index in [9.17, 15) is 4.79 Å². The molecule has 0 aromatic heterocycles. The highest BCUT2D eigenvalue weighted by atomic mass is 127. The van der Waals surface area contributed by atoms with Crippen LogP contribution in [0.2, 0.25) is 0 Å². The monoisotopic (exact) mass is 428 g/mol. The van der Waals surface area contributed by atoms with Crippen LogP contribution in [0, 0.1) is 14.1 Å². The topological polar surface area (TPSA) is 26.3 Å². The van der Waals surface area contributed by atoms with E-state index in [0.29, 0.717) is 11.3 Å². The highest BCUT2D eigenvalue weighted by molar-refractivity contribution is 14.1. The van der Waals surface area contributed by atoms with Crippen LogP contribution in [-0.2, 0) is 4.79 Å². The largest absolute Gasteiger partial charge is 0.422 e. The van der Waals surface area contributed by atoms with E-state index in [-0.39, 0.29) is 5.97 Å². The van der Waals surface area contributed by atoms with Crippen molar-refractivity contribution in [2.45, 2.75) is 13.8 Å². The molecule has 0 radical (unpaired) electrons. The molecule has 0 bridgehead atoms. The highest BCUT2D eigenvalue weighted by Gasteiger charge is 2.11. The molecule has 0 heterocycles. The predicted molar refractivity (Wildman–Crippen MR) is 77.1 cm³/mol. The van der Waals surface area contributed by atoms with E-state index in [1.807, 2.05) is 19.1 Å². The summed E-state index contributed by atoms with van der Waals surface area (Å²) in [7, 11) is 0. The molecule has 0 aliphatic rings. The molecule has 0 aliphatic heterocycles. The summed E-state index contributed by atoms with van der Waals surface area (Å²) in [5, 5.41) is 0. The molecule has 4 heteroatoms. The maximum Gasteiger partial charge on any atom is 0.338 e. The lowest BCUT2D eigenvalue weighted by Crippen LogP contribution is -2.10. The molecule has 0 atom stereocenters. The van der Waals surface area contributed by atoms with Crippen molar-refractivity contribution in [1.82, 2.24) is 0 Å². The Hall–Kier alpha value is -0.110. The lowest BCUT2D eigenvalue weighted by molar-refractivity contribution is -0.130. The van der Waals surface area contributed by atoms with Gasteiger partial charge in [-0.2, -0.15) is 0 Å². The Balaban J connectivity index is 3.05. The van der Waals surface area contributed by atoms with Crippen LogP contribution >= 0.6 is 45.2 Å². The van der Waals surface area contributed by atoms with Gasteiger partial charge >= 0.3 is 5.97 Å². The van der Waals surface area contributed by atoms with Crippen LogP contribution in [0.3, 0.4) is 0 Å². The molecule has 0 spiro atoms. The van der Waals surface area contributed by atoms with Crippen LogP contribution in [0.4, 0.5) is 0 Å². The summed E-state index contributed by atoms with van der Waals surface area (Å²) in [4.78, 5) is 11.4. The number of hydrogen-bond acceptors (Lipinski definition) is 2. The minimum Gasteiger partial charge on any atom is -0.422 e. The third-order valence-electron chi connectivity index (χ3n) is 1.74. The summed E-state index contributed by atoms with van der Waals surface area (Å²) < 4.78 is 7.31. The average molecular weight is 428 g/mol. The van der Waals surface area contributed by atoms with Gasteiger partial charge in [0.15, 0.2) is 0 Å². The van der Waals surface area contributed by atoms with Crippen molar-refractivity contribution >= 4 is 51.2 Å². The van der Waals surface area contributed by atoms with Gasteiger partial charge in [-0.15, -0.1) is 0 Å². The molecule has 0 N–H and O–H groups in total. The molecule has 0 aliphatic carbocycles. The summed E-state index contributed by atoms with van der Waals surface area (Å²) >= 11 is 4.39. The van der Waals surface area contributed by atoms with Crippen molar-refractivity contribution in [3.63, 3.8) is 0 Å². The summed E-state index contributed by atoms with van der Waals surface area (Å²) in [6.07, 6.45) is 0. The maximum atomic E-state index is 11.4. The molecule has 2 nitrogen and oxygen atoms in total. The van der Waals surface area contributed by atoms with E-state index in [0.717, 1.165) is 12.7 Å². The van der Waals surface area contributed by atoms with Gasteiger partial charge in [-0.3, -0.25) is 0 Å². The third-order valence-corrected chi connectivity index (χ3v) is 3.16. The Bertz CT molecular complexity index is 402. The molecule has 0 fully saturated rings. The molecule has 80 valence electrons. The van der Waals surface area contributed by atoms with Gasteiger partial charge in [0.1, 0.15) is 5.75 Å². The van der Waals surface area contributed by atoms with E-state index in [4.69, 9.17) is 4.74 Å². The third kappa shape index (κ3) is 3.44. The maximum absolute atomic E-state index is 11.4. The number of halogens is 2. The fourth-order valence-electron chi connectivity index (χ4n) is 0.998. The van der Waals surface area contributed by atoms with Crippen molar-refractivity contribution in [3.8, 4) is 5.75 Å². The average Bonchev–Trinajstić information content (AvgIpc) is 2.10. The van der Waals surface area contributed by atoms with Gasteiger partial charge in [0.25, 0.3) is 0 Å². The van der Waals surface area contributed by atoms with Gasteiger partial charge in [0, 0.05) is 9.14 Å². The molecule has 0 saturated heterocycles. The summed E-state index contributed by atoms with van der Waals surface area (Å²) in [5.74, 6) is 0.251. The minimum atomic E-state index is -0.378. The van der Waals surface area contributed by atoms with Gasteiger partial charge in [-0.1, -0.05) is 6.58 Å². The van der Waals surface area contributed by atoms with Crippen molar-refractivity contribution in [2.24, 2.45) is 0 Å². The fraction of sp³-hybridized carbons (Fsp3) is 0.182. The number of rotatable bonds is 2. The number of esters is 1. The van der Waals surface area contributed by atoms with E-state index in [2.05, 4.69) is 51.8 Å². The molecular formula is C11H10I2O2. The summed E-state index contributed by atoms with van der Waals surface area (Å²) in [6, 6.07) is 3.94. The first-order chi connectivity index (χ1) is 6.91. The first-order valence-electron chi connectivity index (χ1n) is 4.25. The first kappa shape index (κ1) is 13.0. The van der Waals surface area contributed by atoms with Crippen molar-refractivity contribution in [1.29, 1.82) is 0 Å². The molecule has 1 rings (SSSR count). The normalized spacial score (nSPS) is 9.87. The number of aryl methyl sites for hydroxylation is 1. The highest BCUT2D eigenvalue weighted by Crippen LogP contribution is 2.28. The number of hydrogen-bond donors (Lipinski definition) is 0. The predicted octanol–water partition coefficient (Wildman–Crippen LogP) is 3.69. The van der Waals surface area contributed by atoms with Gasteiger partial charge in [-0.25, -0.2) is 4.79 Å². The lowest BCUT2D eigenvalue weighted by Gasteiger charge is -2.09. The smallest absolute Gasteiger partial charge is 0.338 e. The Kier molecular flexibility index (Phi) is 4.57. The van der Waals surface area contributed by atoms with E-state index in [1.165, 1.54) is 0 Å². The molecule has 1 aromatic carbocycles. The first-order valence-corrected chi connectivity index (χ1v) is 6.41. The fourth-order valence-corrected chi connectivity index (χ4v) is 3.24. The number of benzene rings is 1. The zero-order chi connectivity index (χ0) is 11.6. The SMILES string of the molecule is C=C(C)C(=O)Oc1c(C)cc(I)cc1I. The van der Waals surface area contributed by atoms with Gasteiger partial charge in [0.2, 0.25) is 0 Å². The van der Waals surface area contributed by atoms with Gasteiger partial charge in [-0.05, 0) is 76.7 Å². The molecule has 0 saturated carbocycles. The van der Waals surface area contributed by atoms with Crippen molar-refractivity contribution in [3.05, 3.63) is 37.0 Å². The second kappa shape index (κ2) is 5.29. The van der Waals surface area contributed by atoms with Crippen LogP contribution in [0.5, 0.6) is 5.75 Å². The lowest BCUT2D eigenvalue weighted by atomic mass is 10.2. The van der Waals surface area contributed by atoms with Crippen molar-refractivity contribution in [2.75, 3.05) is 0 Å². The van der Waals surface area contributed by atoms with E-state index >= 15 is 0 Å². The Morgan fingerprint density at radius 1 is 1.40 bits per heavy atom. The van der Waals surface area contributed by atoms with Gasteiger partial charge in [0.05, 0.1) is 3.57 Å². The van der Waals surface area contributed by atoms with E-state index < -0.39 is 0 Å². The van der Waals surface area contributed by atoms with Crippen LogP contribution in [0.25, 0.3) is 0 Å². The second-order valence-corrected chi connectivity index (χ2v) is 5.61. The molecule has 0 unspecified atom stereocenters. The van der Waals surface area contributed by atoms with Crippen LogP contribution in [0.1, 0.15) is 12.5 Å². The molecule has 1 aromatic rings. The van der Waals surface area contributed by atoms with Crippen molar-refractivity contribution < 1.29 is 9.53 Å². The summed E-state index contributed by atoms with van der Waals surface area (Å²) in [5.41, 5.74) is 1.37. The molecule has 15 heavy (non-hydrogen) atoms. The van der Waals surface area contributed by atoms with Crippen LogP contribution < -0.4 is 4.74 Å². The molecular weight excluding hydrogens is 418 g/mol. The Morgan fingerprint density at radius 3 is 2.47 bits per heavy atom. The van der Waals surface area contributed by atoms with Crippen LogP contribution in [0.15, 0.2) is 24.3 Å².